The van der Waals surface area contributed by atoms with Gasteiger partial charge in [0.15, 0.2) is 0 Å². The van der Waals surface area contributed by atoms with E-state index in [2.05, 4.69) is 0 Å². The maximum Gasteiger partial charge on any atom is 0.140 e. The Balaban J connectivity index is 2.78. The molecule has 1 aromatic heterocycles. The number of aliphatic hydroxyl groups is 2. The first-order valence-electron chi connectivity index (χ1n) is 4.01. The fraction of sp³-hybridized carbons (Fsp3) is 0.556. The second-order valence-electron chi connectivity index (χ2n) is 3.13. The van der Waals surface area contributed by atoms with Crippen molar-refractivity contribution in [2.24, 2.45) is 0 Å². The molecule has 2 atom stereocenters. The molecule has 1 heterocycles. The number of rotatable bonds is 3. The molecule has 0 radical (unpaired) electrons. The third-order valence-corrected chi connectivity index (χ3v) is 2.12. The van der Waals surface area contributed by atoms with E-state index in [9.17, 15) is 10.2 Å². The molecule has 0 aliphatic heterocycles. The van der Waals surface area contributed by atoms with Gasteiger partial charge in [0.2, 0.25) is 0 Å². The summed E-state index contributed by atoms with van der Waals surface area (Å²) in [4.78, 5) is 0. The first kappa shape index (κ1) is 9.29. The highest BCUT2D eigenvalue weighted by Crippen LogP contribution is 2.28. The molecule has 0 aromatic carbocycles. The second kappa shape index (κ2) is 3.29. The van der Waals surface area contributed by atoms with E-state index in [1.54, 1.807) is 19.1 Å². The summed E-state index contributed by atoms with van der Waals surface area (Å²) < 4.78 is 4.97. The van der Waals surface area contributed by atoms with E-state index in [1.807, 2.05) is 6.92 Å². The Morgan fingerprint density at radius 1 is 1.67 bits per heavy atom. The summed E-state index contributed by atoms with van der Waals surface area (Å²) in [6, 6.07) is 3.33. The van der Waals surface area contributed by atoms with Crippen LogP contribution < -0.4 is 0 Å². The number of hydrogen-bond acceptors (Lipinski definition) is 3. The molecule has 2 unspecified atom stereocenters. The summed E-state index contributed by atoms with van der Waals surface area (Å²) in [7, 11) is 0. The molecule has 0 saturated carbocycles. The van der Waals surface area contributed by atoms with Gasteiger partial charge in [-0.1, -0.05) is 6.92 Å². The van der Waals surface area contributed by atoms with Crippen molar-refractivity contribution < 1.29 is 14.6 Å². The van der Waals surface area contributed by atoms with Crippen LogP contribution in [-0.2, 0) is 0 Å². The minimum Gasteiger partial charge on any atom is -0.466 e. The highest BCUT2D eigenvalue weighted by atomic mass is 16.4. The third kappa shape index (κ3) is 1.68. The fourth-order valence-electron chi connectivity index (χ4n) is 0.947. The van der Waals surface area contributed by atoms with Gasteiger partial charge >= 0.3 is 0 Å². The summed E-state index contributed by atoms with van der Waals surface area (Å²) in [6.45, 7) is 3.40. The van der Waals surface area contributed by atoms with E-state index >= 15 is 0 Å². The topological polar surface area (TPSA) is 53.6 Å². The van der Waals surface area contributed by atoms with Gasteiger partial charge in [0.25, 0.3) is 0 Å². The van der Waals surface area contributed by atoms with Crippen molar-refractivity contribution in [3.8, 4) is 0 Å². The van der Waals surface area contributed by atoms with Crippen LogP contribution in [0.2, 0.25) is 0 Å². The first-order chi connectivity index (χ1) is 5.58. The predicted octanol–water partition coefficient (Wildman–Crippen LogP) is 1.47. The molecular formula is C9H14O3. The molecule has 0 saturated heterocycles. The predicted molar refractivity (Wildman–Crippen MR) is 44.6 cm³/mol. The Morgan fingerprint density at radius 2 is 2.33 bits per heavy atom. The normalized spacial score (nSPS) is 18.7. The highest BCUT2D eigenvalue weighted by Gasteiger charge is 2.31. The quantitative estimate of drug-likeness (QED) is 0.722. The van der Waals surface area contributed by atoms with Gasteiger partial charge < -0.3 is 14.6 Å². The van der Waals surface area contributed by atoms with Crippen molar-refractivity contribution in [2.75, 3.05) is 0 Å². The van der Waals surface area contributed by atoms with Gasteiger partial charge in [0.05, 0.1) is 11.9 Å². The summed E-state index contributed by atoms with van der Waals surface area (Å²) in [5.41, 5.74) is -1.11. The van der Waals surface area contributed by atoms with Crippen LogP contribution in [0, 0.1) is 0 Å². The molecule has 12 heavy (non-hydrogen) atoms. The van der Waals surface area contributed by atoms with Crippen molar-refractivity contribution in [1.82, 2.24) is 0 Å². The van der Waals surface area contributed by atoms with E-state index in [1.165, 1.54) is 6.26 Å². The summed E-state index contributed by atoms with van der Waals surface area (Å²) in [5.74, 6) is 0.404. The van der Waals surface area contributed by atoms with Gasteiger partial charge in [-0.15, -0.1) is 0 Å². The van der Waals surface area contributed by atoms with Crippen LogP contribution in [-0.4, -0.2) is 15.8 Å². The summed E-state index contributed by atoms with van der Waals surface area (Å²) >= 11 is 0. The average molecular weight is 170 g/mol. The van der Waals surface area contributed by atoms with Crippen molar-refractivity contribution in [3.05, 3.63) is 24.2 Å². The van der Waals surface area contributed by atoms with Crippen LogP contribution in [0.25, 0.3) is 0 Å². The average Bonchev–Trinajstić information content (AvgIpc) is 2.55. The largest absolute Gasteiger partial charge is 0.466 e. The van der Waals surface area contributed by atoms with Crippen molar-refractivity contribution in [1.29, 1.82) is 0 Å². The minimum absolute atomic E-state index is 0.404. The van der Waals surface area contributed by atoms with E-state index in [-0.39, 0.29) is 0 Å². The minimum atomic E-state index is -1.11. The Morgan fingerprint density at radius 3 is 2.75 bits per heavy atom. The van der Waals surface area contributed by atoms with Crippen LogP contribution in [0.4, 0.5) is 0 Å². The number of aliphatic hydroxyl groups excluding tert-OH is 1. The van der Waals surface area contributed by atoms with Gasteiger partial charge in [-0.3, -0.25) is 0 Å². The van der Waals surface area contributed by atoms with Crippen molar-refractivity contribution in [3.63, 3.8) is 0 Å². The van der Waals surface area contributed by atoms with Gasteiger partial charge in [-0.05, 0) is 25.5 Å². The molecular weight excluding hydrogens is 156 g/mol. The maximum absolute atomic E-state index is 9.65. The van der Waals surface area contributed by atoms with Crippen molar-refractivity contribution in [2.45, 2.75) is 32.0 Å². The first-order valence-corrected chi connectivity index (χ1v) is 4.01. The molecule has 3 heteroatoms. The lowest BCUT2D eigenvalue weighted by Gasteiger charge is -2.25. The van der Waals surface area contributed by atoms with Crippen LogP contribution in [0.15, 0.2) is 22.8 Å². The molecule has 1 aromatic rings. The lowest BCUT2D eigenvalue weighted by Crippen LogP contribution is -2.31. The molecule has 1 rings (SSSR count). The molecule has 0 aliphatic rings. The monoisotopic (exact) mass is 170 g/mol. The Labute approximate surface area is 71.6 Å². The summed E-state index contributed by atoms with van der Waals surface area (Å²) in [5, 5.41) is 19.2. The molecule has 2 N–H and O–H groups in total. The zero-order valence-corrected chi connectivity index (χ0v) is 7.32. The lowest BCUT2D eigenvalue weighted by molar-refractivity contribution is -0.0748. The van der Waals surface area contributed by atoms with Gasteiger partial charge in [0, 0.05) is 0 Å². The van der Waals surface area contributed by atoms with Gasteiger partial charge in [0.1, 0.15) is 11.9 Å². The van der Waals surface area contributed by atoms with Crippen LogP contribution in [0.3, 0.4) is 0 Å². The van der Waals surface area contributed by atoms with Gasteiger partial charge in [-0.25, -0.2) is 0 Å². The summed E-state index contributed by atoms with van der Waals surface area (Å²) in [6.07, 6.45) is 1.01. The third-order valence-electron chi connectivity index (χ3n) is 2.12. The molecule has 3 nitrogen and oxygen atoms in total. The zero-order valence-electron chi connectivity index (χ0n) is 7.32. The number of hydrogen-bond donors (Lipinski definition) is 2. The Kier molecular flexibility index (Phi) is 2.55. The molecule has 0 spiro atoms. The Hall–Kier alpha value is -0.800. The van der Waals surface area contributed by atoms with Crippen LogP contribution >= 0.6 is 0 Å². The van der Waals surface area contributed by atoms with E-state index in [4.69, 9.17) is 4.42 Å². The van der Waals surface area contributed by atoms with Crippen LogP contribution in [0.5, 0.6) is 0 Å². The zero-order chi connectivity index (χ0) is 9.19. The highest BCUT2D eigenvalue weighted by molar-refractivity contribution is 5.06. The SMILES string of the molecule is CCC(C)(O)C(O)c1ccco1. The molecule has 0 fully saturated rings. The number of furan rings is 1. The Bertz CT molecular complexity index is 226. The van der Waals surface area contributed by atoms with Crippen molar-refractivity contribution >= 4 is 0 Å². The van der Waals surface area contributed by atoms with Gasteiger partial charge in [-0.2, -0.15) is 0 Å². The molecule has 68 valence electrons. The smallest absolute Gasteiger partial charge is 0.140 e. The maximum atomic E-state index is 9.65. The van der Waals surface area contributed by atoms with E-state index in [0.717, 1.165) is 0 Å². The fourth-order valence-corrected chi connectivity index (χ4v) is 0.947. The van der Waals surface area contributed by atoms with E-state index < -0.39 is 11.7 Å². The van der Waals surface area contributed by atoms with E-state index in [0.29, 0.717) is 12.2 Å². The second-order valence-corrected chi connectivity index (χ2v) is 3.13. The standard InChI is InChI=1S/C9H14O3/c1-3-9(2,11)8(10)7-5-4-6-12-7/h4-6,8,10-11H,3H2,1-2H3. The molecule has 0 amide bonds. The molecule has 0 bridgehead atoms. The van der Waals surface area contributed by atoms with Crippen LogP contribution in [0.1, 0.15) is 32.1 Å². The lowest BCUT2D eigenvalue weighted by atomic mass is 9.94. The molecule has 0 aliphatic carbocycles.